The fourth-order valence-corrected chi connectivity index (χ4v) is 1.84. The fourth-order valence-electron chi connectivity index (χ4n) is 1.34. The Morgan fingerprint density at radius 3 is 2.33 bits per heavy atom. The van der Waals surface area contributed by atoms with Crippen molar-refractivity contribution in [1.82, 2.24) is 0 Å². The zero-order valence-corrected chi connectivity index (χ0v) is 9.24. The predicted octanol–water partition coefficient (Wildman–Crippen LogP) is 1.53. The van der Waals surface area contributed by atoms with Crippen LogP contribution in [0.25, 0.3) is 0 Å². The number of carbonyl (C=O) groups excluding carboxylic acids is 1. The molecule has 0 fully saturated rings. The lowest BCUT2D eigenvalue weighted by Crippen LogP contribution is -2.02. The molecule has 0 unspecified atom stereocenters. The van der Waals surface area contributed by atoms with Crippen LogP contribution in [0.15, 0.2) is 23.1 Å². The molecule has 0 saturated carbocycles. The molecule has 0 aliphatic heterocycles. The normalized spacial score (nSPS) is 11.7. The van der Waals surface area contributed by atoms with Crippen molar-refractivity contribution in [3.8, 4) is 0 Å². The second-order valence-electron chi connectivity index (χ2n) is 3.52. The van der Waals surface area contributed by atoms with Gasteiger partial charge in [0.15, 0.2) is 0 Å². The van der Waals surface area contributed by atoms with Gasteiger partial charge in [0.2, 0.25) is 0 Å². The van der Waals surface area contributed by atoms with E-state index in [1.807, 2.05) is 13.8 Å². The first-order valence-electron chi connectivity index (χ1n) is 4.41. The summed E-state index contributed by atoms with van der Waals surface area (Å²) < 4.78 is 32.1. The maximum absolute atomic E-state index is 10.7. The van der Waals surface area contributed by atoms with Crippen LogP contribution in [0.2, 0.25) is 0 Å². The minimum Gasteiger partial charge on any atom is -0.744 e. The zero-order chi connectivity index (χ0) is 11.6. The summed E-state index contributed by atoms with van der Waals surface area (Å²) in [6.07, 6.45) is 0.560. The quantitative estimate of drug-likeness (QED) is 0.579. The number of hydrogen-bond acceptors (Lipinski definition) is 4. The summed E-state index contributed by atoms with van der Waals surface area (Å²) in [4.78, 5) is 10.3. The maximum Gasteiger partial charge on any atom is 0.150 e. The van der Waals surface area contributed by atoms with E-state index in [1.54, 1.807) is 0 Å². The Hall–Kier alpha value is -1.20. The minimum atomic E-state index is -4.49. The van der Waals surface area contributed by atoms with E-state index in [0.717, 1.165) is 11.6 Å². The van der Waals surface area contributed by atoms with Crippen molar-refractivity contribution >= 4 is 16.4 Å². The van der Waals surface area contributed by atoms with E-state index in [0.29, 0.717) is 6.29 Å². The summed E-state index contributed by atoms with van der Waals surface area (Å²) in [5.41, 5.74) is 0.985. The van der Waals surface area contributed by atoms with Crippen LogP contribution in [0.1, 0.15) is 35.7 Å². The van der Waals surface area contributed by atoms with Crippen molar-refractivity contribution in [3.05, 3.63) is 29.3 Å². The van der Waals surface area contributed by atoms with Crippen LogP contribution in [0.4, 0.5) is 0 Å². The van der Waals surface area contributed by atoms with Crippen LogP contribution in [-0.4, -0.2) is 19.3 Å². The van der Waals surface area contributed by atoms with E-state index in [2.05, 4.69) is 0 Å². The van der Waals surface area contributed by atoms with Crippen molar-refractivity contribution < 1.29 is 17.8 Å². The largest absolute Gasteiger partial charge is 0.744 e. The van der Waals surface area contributed by atoms with Gasteiger partial charge in [0.1, 0.15) is 16.4 Å². The Morgan fingerprint density at radius 2 is 1.93 bits per heavy atom. The predicted molar refractivity (Wildman–Crippen MR) is 53.9 cm³/mol. The van der Waals surface area contributed by atoms with Gasteiger partial charge in [0, 0.05) is 5.56 Å². The molecule has 82 valence electrons. The first-order chi connectivity index (χ1) is 6.86. The molecule has 0 spiro atoms. The Kier molecular flexibility index (Phi) is 3.26. The highest BCUT2D eigenvalue weighted by Crippen LogP contribution is 2.21. The molecule has 0 aromatic heterocycles. The molecule has 4 nitrogen and oxygen atoms in total. The van der Waals surface area contributed by atoms with Gasteiger partial charge in [0.05, 0.1) is 4.90 Å². The van der Waals surface area contributed by atoms with Crippen molar-refractivity contribution in [2.45, 2.75) is 24.7 Å². The minimum absolute atomic E-state index is 0.105. The topological polar surface area (TPSA) is 74.3 Å². The van der Waals surface area contributed by atoms with Crippen LogP contribution in [-0.2, 0) is 10.1 Å². The number of rotatable bonds is 3. The van der Waals surface area contributed by atoms with Gasteiger partial charge in [-0.3, -0.25) is 4.79 Å². The van der Waals surface area contributed by atoms with E-state index < -0.39 is 10.1 Å². The van der Waals surface area contributed by atoms with Crippen LogP contribution in [0, 0.1) is 0 Å². The third kappa shape index (κ3) is 2.64. The van der Waals surface area contributed by atoms with Crippen molar-refractivity contribution in [2.75, 3.05) is 0 Å². The molecule has 0 radical (unpaired) electrons. The highest BCUT2D eigenvalue weighted by Gasteiger charge is 2.09. The Bertz CT molecular complexity index is 474. The number of benzene rings is 1. The molecule has 0 aliphatic rings. The molecule has 1 aromatic rings. The summed E-state index contributed by atoms with van der Waals surface area (Å²) >= 11 is 0. The highest BCUT2D eigenvalue weighted by molar-refractivity contribution is 7.85. The summed E-state index contributed by atoms with van der Waals surface area (Å²) in [6.45, 7) is 3.77. The van der Waals surface area contributed by atoms with Gasteiger partial charge in [0.25, 0.3) is 0 Å². The molecule has 0 saturated heterocycles. The summed E-state index contributed by atoms with van der Waals surface area (Å²) in [5, 5.41) is 0. The third-order valence-corrected chi connectivity index (χ3v) is 2.93. The number of carbonyl (C=O) groups is 1. The molecule has 1 rings (SSSR count). The van der Waals surface area contributed by atoms with Crippen LogP contribution in [0.3, 0.4) is 0 Å². The highest BCUT2D eigenvalue weighted by atomic mass is 32.2. The average molecular weight is 227 g/mol. The second-order valence-corrected chi connectivity index (χ2v) is 4.90. The smallest absolute Gasteiger partial charge is 0.150 e. The van der Waals surface area contributed by atoms with E-state index in [1.165, 1.54) is 12.1 Å². The fraction of sp³-hybridized carbons (Fsp3) is 0.300. The van der Waals surface area contributed by atoms with Crippen molar-refractivity contribution in [2.24, 2.45) is 0 Å². The summed E-state index contributed by atoms with van der Waals surface area (Å²) in [5.74, 6) is 0.105. The molecule has 1 aromatic carbocycles. The Balaban J connectivity index is 3.38. The van der Waals surface area contributed by atoms with E-state index >= 15 is 0 Å². The maximum atomic E-state index is 10.7. The average Bonchev–Trinajstić information content (AvgIpc) is 2.15. The first-order valence-corrected chi connectivity index (χ1v) is 5.82. The molecule has 0 heterocycles. The van der Waals surface area contributed by atoms with Crippen LogP contribution < -0.4 is 0 Å². The van der Waals surface area contributed by atoms with Gasteiger partial charge in [-0.25, -0.2) is 8.42 Å². The van der Waals surface area contributed by atoms with Gasteiger partial charge in [-0.15, -0.1) is 0 Å². The molecular formula is C10H11O4S-. The molecule has 15 heavy (non-hydrogen) atoms. The molecule has 0 bridgehead atoms. The first kappa shape index (κ1) is 11.9. The van der Waals surface area contributed by atoms with Gasteiger partial charge in [-0.2, -0.15) is 0 Å². The Morgan fingerprint density at radius 1 is 1.33 bits per heavy atom. The molecule has 5 heteroatoms. The van der Waals surface area contributed by atoms with E-state index in [-0.39, 0.29) is 16.4 Å². The molecule has 0 atom stereocenters. The van der Waals surface area contributed by atoms with Gasteiger partial charge in [-0.1, -0.05) is 19.9 Å². The van der Waals surface area contributed by atoms with Gasteiger partial charge >= 0.3 is 0 Å². The lowest BCUT2D eigenvalue weighted by molar-refractivity contribution is 0.112. The molecule has 0 N–H and O–H groups in total. The lowest BCUT2D eigenvalue weighted by atomic mass is 9.98. The van der Waals surface area contributed by atoms with E-state index in [9.17, 15) is 17.8 Å². The summed E-state index contributed by atoms with van der Waals surface area (Å²) in [7, 11) is -4.49. The molecular weight excluding hydrogens is 216 g/mol. The Labute approximate surface area is 88.7 Å². The zero-order valence-electron chi connectivity index (χ0n) is 8.43. The standard InChI is InChI=1S/C10H12O4S/c1-7(2)10-4-3-9(15(12,13)14)5-8(10)6-11/h3-7H,1-2H3,(H,12,13,14)/p-1. The molecule has 0 amide bonds. The monoisotopic (exact) mass is 227 g/mol. The van der Waals surface area contributed by atoms with Crippen molar-refractivity contribution in [3.63, 3.8) is 0 Å². The summed E-state index contributed by atoms with van der Waals surface area (Å²) in [6, 6.07) is 3.84. The van der Waals surface area contributed by atoms with Gasteiger partial charge < -0.3 is 4.55 Å². The van der Waals surface area contributed by atoms with Crippen LogP contribution >= 0.6 is 0 Å². The van der Waals surface area contributed by atoms with Crippen molar-refractivity contribution in [1.29, 1.82) is 0 Å². The third-order valence-electron chi connectivity index (χ3n) is 2.10. The molecule has 0 aliphatic carbocycles. The van der Waals surface area contributed by atoms with Gasteiger partial charge in [-0.05, 0) is 23.6 Å². The van der Waals surface area contributed by atoms with E-state index in [4.69, 9.17) is 0 Å². The number of hydrogen-bond donors (Lipinski definition) is 0. The second kappa shape index (κ2) is 4.12. The number of aldehydes is 1. The lowest BCUT2D eigenvalue weighted by Gasteiger charge is -2.12. The van der Waals surface area contributed by atoms with Crippen LogP contribution in [0.5, 0.6) is 0 Å². The SMILES string of the molecule is CC(C)c1ccc(S(=O)(=O)[O-])cc1C=O.